The van der Waals surface area contributed by atoms with Crippen LogP contribution in [0.3, 0.4) is 0 Å². The molecule has 1 saturated carbocycles. The molecule has 6 nitrogen and oxygen atoms in total. The van der Waals surface area contributed by atoms with Crippen LogP contribution in [0.5, 0.6) is 0 Å². The summed E-state index contributed by atoms with van der Waals surface area (Å²) in [5.74, 6) is -0.941. The van der Waals surface area contributed by atoms with Crippen LogP contribution in [0.25, 0.3) is 0 Å². The van der Waals surface area contributed by atoms with Crippen molar-refractivity contribution in [2.75, 3.05) is 13.2 Å². The van der Waals surface area contributed by atoms with Crippen molar-refractivity contribution in [2.45, 2.75) is 38.3 Å². The molecule has 2 fully saturated rings. The summed E-state index contributed by atoms with van der Waals surface area (Å²) in [5.41, 5.74) is -1.03. The number of carboxylic acid groups (broad SMARTS) is 1. The number of carbonyl (C=O) groups is 2. The first-order valence-electron chi connectivity index (χ1n) is 5.90. The number of rotatable bonds is 3. The number of ether oxygens (including phenoxy) is 1. The molecule has 1 saturated heterocycles. The summed E-state index contributed by atoms with van der Waals surface area (Å²) in [7, 11) is 0. The lowest BCUT2D eigenvalue weighted by Gasteiger charge is -2.29. The van der Waals surface area contributed by atoms with E-state index in [1.54, 1.807) is 6.92 Å². The van der Waals surface area contributed by atoms with Crippen LogP contribution in [0, 0.1) is 5.41 Å². The van der Waals surface area contributed by atoms with Crippen molar-refractivity contribution in [3.05, 3.63) is 0 Å². The van der Waals surface area contributed by atoms with Gasteiger partial charge in [0.25, 0.3) is 0 Å². The summed E-state index contributed by atoms with van der Waals surface area (Å²) < 4.78 is 5.16. The number of aliphatic carboxylic acids is 1. The van der Waals surface area contributed by atoms with E-state index in [4.69, 9.17) is 9.84 Å². The largest absolute Gasteiger partial charge is 0.481 e. The van der Waals surface area contributed by atoms with E-state index in [9.17, 15) is 9.59 Å². The van der Waals surface area contributed by atoms with Gasteiger partial charge in [0, 0.05) is 6.04 Å². The number of amides is 2. The number of carbonyl (C=O) groups excluding carboxylic acids is 1. The highest BCUT2D eigenvalue weighted by Crippen LogP contribution is 2.28. The zero-order valence-corrected chi connectivity index (χ0v) is 9.86. The molecule has 17 heavy (non-hydrogen) atoms. The van der Waals surface area contributed by atoms with Gasteiger partial charge in [-0.25, -0.2) is 4.79 Å². The highest BCUT2D eigenvalue weighted by molar-refractivity contribution is 5.79. The smallest absolute Gasteiger partial charge is 0.315 e. The zero-order chi connectivity index (χ0) is 12.5. The summed E-state index contributed by atoms with van der Waals surface area (Å²) in [4.78, 5) is 22.8. The standard InChI is InChI=1S/C11H18N2O4/c1-11(9(14)15)6-17-5-8(11)13-10(16)12-7-3-2-4-7/h7-8H,2-6H2,1H3,(H,14,15)(H2,12,13,16). The molecule has 2 amide bonds. The number of urea groups is 1. The number of hydrogen-bond donors (Lipinski definition) is 3. The predicted octanol–water partition coefficient (Wildman–Crippen LogP) is 0.328. The molecule has 2 rings (SSSR count). The lowest BCUT2D eigenvalue weighted by atomic mass is 9.85. The van der Waals surface area contributed by atoms with E-state index < -0.39 is 17.4 Å². The summed E-state index contributed by atoms with van der Waals surface area (Å²) in [6.45, 7) is 1.98. The SMILES string of the molecule is CC1(C(=O)O)COCC1NC(=O)NC1CCC1. The maximum absolute atomic E-state index is 11.6. The van der Waals surface area contributed by atoms with Gasteiger partial charge in [-0.15, -0.1) is 0 Å². The Hall–Kier alpha value is -1.30. The molecule has 3 N–H and O–H groups in total. The Morgan fingerprint density at radius 2 is 2.06 bits per heavy atom. The molecule has 0 radical (unpaired) electrons. The highest BCUT2D eigenvalue weighted by Gasteiger charge is 2.47. The van der Waals surface area contributed by atoms with Gasteiger partial charge in [-0.1, -0.05) is 0 Å². The van der Waals surface area contributed by atoms with Gasteiger partial charge in [0.1, 0.15) is 5.41 Å². The minimum Gasteiger partial charge on any atom is -0.481 e. The van der Waals surface area contributed by atoms with Crippen molar-refractivity contribution in [3.63, 3.8) is 0 Å². The molecule has 2 unspecified atom stereocenters. The van der Waals surface area contributed by atoms with Crippen LogP contribution in [0.4, 0.5) is 4.79 Å². The maximum atomic E-state index is 11.6. The fourth-order valence-electron chi connectivity index (χ4n) is 2.02. The maximum Gasteiger partial charge on any atom is 0.315 e. The second-order valence-corrected chi connectivity index (χ2v) is 5.04. The fourth-order valence-corrected chi connectivity index (χ4v) is 2.02. The lowest BCUT2D eigenvalue weighted by molar-refractivity contribution is -0.148. The van der Waals surface area contributed by atoms with E-state index in [-0.39, 0.29) is 25.3 Å². The Morgan fingerprint density at radius 1 is 1.35 bits per heavy atom. The van der Waals surface area contributed by atoms with E-state index in [2.05, 4.69) is 10.6 Å². The fraction of sp³-hybridized carbons (Fsp3) is 0.818. The highest BCUT2D eigenvalue weighted by atomic mass is 16.5. The predicted molar refractivity (Wildman–Crippen MR) is 59.7 cm³/mol. The minimum atomic E-state index is -1.03. The van der Waals surface area contributed by atoms with Crippen molar-refractivity contribution in [1.82, 2.24) is 10.6 Å². The molecule has 2 aliphatic rings. The lowest BCUT2D eigenvalue weighted by Crippen LogP contribution is -2.54. The Labute approximate surface area is 99.7 Å². The molecule has 0 aromatic heterocycles. The average molecular weight is 242 g/mol. The van der Waals surface area contributed by atoms with Crippen molar-refractivity contribution in [2.24, 2.45) is 5.41 Å². The molecular weight excluding hydrogens is 224 g/mol. The Bertz CT molecular complexity index is 329. The summed E-state index contributed by atoms with van der Waals surface area (Å²) in [6.07, 6.45) is 3.15. The molecule has 1 aliphatic heterocycles. The van der Waals surface area contributed by atoms with Gasteiger partial charge in [0.2, 0.25) is 0 Å². The Morgan fingerprint density at radius 3 is 2.59 bits per heavy atom. The van der Waals surface area contributed by atoms with Gasteiger partial charge in [0.15, 0.2) is 0 Å². The Kier molecular flexibility index (Phi) is 3.24. The van der Waals surface area contributed by atoms with Gasteiger partial charge < -0.3 is 20.5 Å². The quantitative estimate of drug-likeness (QED) is 0.665. The first-order chi connectivity index (χ1) is 8.02. The van der Waals surface area contributed by atoms with Crippen LogP contribution in [-0.4, -0.2) is 42.4 Å². The number of nitrogens with one attached hydrogen (secondary N) is 2. The third-order valence-corrected chi connectivity index (χ3v) is 3.69. The molecule has 0 spiro atoms. The molecule has 0 bridgehead atoms. The summed E-state index contributed by atoms with van der Waals surface area (Å²) in [6, 6.07) is -0.522. The average Bonchev–Trinajstić information content (AvgIpc) is 2.56. The van der Waals surface area contributed by atoms with Crippen LogP contribution in [0.2, 0.25) is 0 Å². The van der Waals surface area contributed by atoms with Crippen molar-refractivity contribution in [3.8, 4) is 0 Å². The number of carboxylic acids is 1. The van der Waals surface area contributed by atoms with Crippen LogP contribution in [-0.2, 0) is 9.53 Å². The van der Waals surface area contributed by atoms with Gasteiger partial charge >= 0.3 is 12.0 Å². The normalized spacial score (nSPS) is 32.9. The molecule has 1 aliphatic carbocycles. The van der Waals surface area contributed by atoms with Crippen LogP contribution < -0.4 is 10.6 Å². The molecule has 6 heteroatoms. The zero-order valence-electron chi connectivity index (χ0n) is 9.86. The second kappa shape index (κ2) is 4.52. The summed E-state index contributed by atoms with van der Waals surface area (Å²) in [5, 5.41) is 14.7. The van der Waals surface area contributed by atoms with Gasteiger partial charge in [0.05, 0.1) is 19.3 Å². The molecule has 0 aromatic carbocycles. The second-order valence-electron chi connectivity index (χ2n) is 5.04. The minimum absolute atomic E-state index is 0.136. The molecule has 1 heterocycles. The molecule has 96 valence electrons. The first-order valence-corrected chi connectivity index (χ1v) is 5.90. The van der Waals surface area contributed by atoms with Crippen molar-refractivity contribution < 1.29 is 19.4 Å². The first kappa shape index (κ1) is 12.2. The van der Waals surface area contributed by atoms with Crippen molar-refractivity contribution >= 4 is 12.0 Å². The van der Waals surface area contributed by atoms with Crippen LogP contribution in [0.15, 0.2) is 0 Å². The number of hydrogen-bond acceptors (Lipinski definition) is 3. The molecular formula is C11H18N2O4. The van der Waals surface area contributed by atoms with Gasteiger partial charge in [-0.3, -0.25) is 4.79 Å². The Balaban J connectivity index is 1.88. The molecule has 2 atom stereocenters. The van der Waals surface area contributed by atoms with Crippen LogP contribution >= 0.6 is 0 Å². The third-order valence-electron chi connectivity index (χ3n) is 3.69. The van der Waals surface area contributed by atoms with Crippen molar-refractivity contribution in [1.29, 1.82) is 0 Å². The third kappa shape index (κ3) is 2.36. The van der Waals surface area contributed by atoms with E-state index in [0.717, 1.165) is 19.3 Å². The monoisotopic (exact) mass is 242 g/mol. The van der Waals surface area contributed by atoms with Gasteiger partial charge in [-0.05, 0) is 26.2 Å². The van der Waals surface area contributed by atoms with Crippen LogP contribution in [0.1, 0.15) is 26.2 Å². The van der Waals surface area contributed by atoms with Gasteiger partial charge in [-0.2, -0.15) is 0 Å². The topological polar surface area (TPSA) is 87.7 Å². The van der Waals surface area contributed by atoms with E-state index in [1.165, 1.54) is 0 Å². The molecule has 0 aromatic rings. The summed E-state index contributed by atoms with van der Waals surface area (Å²) >= 11 is 0. The van der Waals surface area contributed by atoms with E-state index >= 15 is 0 Å². The van der Waals surface area contributed by atoms with E-state index in [0.29, 0.717) is 0 Å². The van der Waals surface area contributed by atoms with E-state index in [1.807, 2.05) is 0 Å².